The van der Waals surface area contributed by atoms with E-state index in [9.17, 15) is 18.8 Å². The smallest absolute Gasteiger partial charge is 0.283 e. The molecule has 0 spiro atoms. The largest absolute Gasteiger partial charge is 0.350 e. The molecule has 1 aliphatic heterocycles. The zero-order valence-electron chi connectivity index (χ0n) is 16.6. The molecule has 0 aliphatic carbocycles. The van der Waals surface area contributed by atoms with Crippen molar-refractivity contribution in [2.75, 3.05) is 10.2 Å². The highest BCUT2D eigenvalue weighted by atomic mass is 35.5. The van der Waals surface area contributed by atoms with Crippen LogP contribution < -0.4 is 15.5 Å². The molecule has 0 saturated heterocycles. The van der Waals surface area contributed by atoms with Crippen LogP contribution >= 0.6 is 11.6 Å². The minimum absolute atomic E-state index is 0.122. The molecule has 0 atom stereocenters. The van der Waals surface area contributed by atoms with Crippen molar-refractivity contribution in [1.82, 2.24) is 5.32 Å². The van der Waals surface area contributed by atoms with Crippen molar-refractivity contribution in [2.45, 2.75) is 6.54 Å². The van der Waals surface area contributed by atoms with Crippen molar-refractivity contribution in [1.29, 1.82) is 0 Å². The summed E-state index contributed by atoms with van der Waals surface area (Å²) in [6, 6.07) is 20.9. The fraction of sp³-hybridized carbons (Fsp3) is 0.0417. The van der Waals surface area contributed by atoms with Crippen molar-refractivity contribution < 1.29 is 18.8 Å². The van der Waals surface area contributed by atoms with Gasteiger partial charge in [-0.1, -0.05) is 48.0 Å². The van der Waals surface area contributed by atoms with Gasteiger partial charge in [-0.05, 0) is 48.0 Å². The van der Waals surface area contributed by atoms with Crippen molar-refractivity contribution in [3.63, 3.8) is 0 Å². The highest BCUT2D eigenvalue weighted by Crippen LogP contribution is 2.30. The van der Waals surface area contributed by atoms with E-state index in [0.29, 0.717) is 17.8 Å². The Balaban J connectivity index is 1.49. The first kappa shape index (κ1) is 21.3. The molecule has 3 amide bonds. The molecule has 0 unspecified atom stereocenters. The van der Waals surface area contributed by atoms with Crippen LogP contribution in [0.25, 0.3) is 0 Å². The van der Waals surface area contributed by atoms with Gasteiger partial charge in [-0.25, -0.2) is 9.29 Å². The van der Waals surface area contributed by atoms with Gasteiger partial charge in [-0.15, -0.1) is 0 Å². The molecular formula is C24H17ClFN3O3. The Bertz CT molecular complexity index is 1230. The summed E-state index contributed by atoms with van der Waals surface area (Å²) in [5.41, 5.74) is 1.82. The number of hydrogen-bond acceptors (Lipinski definition) is 4. The van der Waals surface area contributed by atoms with Gasteiger partial charge in [0.05, 0.1) is 5.69 Å². The van der Waals surface area contributed by atoms with E-state index in [1.54, 1.807) is 24.3 Å². The lowest BCUT2D eigenvalue weighted by atomic mass is 10.1. The molecule has 0 saturated carbocycles. The standard InChI is InChI=1S/C24H17ClFN3O3/c25-20-21(24(32)29(23(20)31)19-11-9-17(26)10-12-19)28-18-8-4-7-16(13-18)22(30)27-14-15-5-2-1-3-6-15/h1-13,28H,14H2,(H,27,30). The van der Waals surface area contributed by atoms with Gasteiger partial charge in [0.25, 0.3) is 17.7 Å². The zero-order valence-corrected chi connectivity index (χ0v) is 17.4. The summed E-state index contributed by atoms with van der Waals surface area (Å²) < 4.78 is 13.2. The van der Waals surface area contributed by atoms with Crippen LogP contribution in [0.5, 0.6) is 0 Å². The van der Waals surface area contributed by atoms with Crippen LogP contribution in [0.15, 0.2) is 89.6 Å². The average molecular weight is 450 g/mol. The number of anilines is 2. The molecule has 3 aromatic rings. The molecule has 8 heteroatoms. The molecule has 0 aromatic heterocycles. The summed E-state index contributed by atoms with van der Waals surface area (Å²) in [7, 11) is 0. The molecule has 160 valence electrons. The van der Waals surface area contributed by atoms with Crippen LogP contribution in [0.1, 0.15) is 15.9 Å². The summed E-state index contributed by atoms with van der Waals surface area (Å²) >= 11 is 6.12. The minimum Gasteiger partial charge on any atom is -0.350 e. The van der Waals surface area contributed by atoms with Gasteiger partial charge in [-0.2, -0.15) is 0 Å². The Labute approximate surface area is 188 Å². The Kier molecular flexibility index (Phi) is 6.00. The molecule has 1 heterocycles. The first-order valence-corrected chi connectivity index (χ1v) is 10.0. The fourth-order valence-corrected chi connectivity index (χ4v) is 3.41. The first-order chi connectivity index (χ1) is 15.4. The summed E-state index contributed by atoms with van der Waals surface area (Å²) in [6.45, 7) is 0.369. The predicted molar refractivity (Wildman–Crippen MR) is 119 cm³/mol. The first-order valence-electron chi connectivity index (χ1n) is 9.67. The molecule has 6 nitrogen and oxygen atoms in total. The molecule has 0 fully saturated rings. The van der Waals surface area contributed by atoms with E-state index < -0.39 is 17.6 Å². The zero-order chi connectivity index (χ0) is 22.7. The van der Waals surface area contributed by atoms with E-state index >= 15 is 0 Å². The number of carbonyl (C=O) groups is 3. The van der Waals surface area contributed by atoms with E-state index in [4.69, 9.17) is 11.6 Å². The molecule has 2 N–H and O–H groups in total. The lowest BCUT2D eigenvalue weighted by molar-refractivity contribution is -0.120. The van der Waals surface area contributed by atoms with Crippen LogP contribution in [-0.2, 0) is 16.1 Å². The maximum Gasteiger partial charge on any atom is 0.283 e. The Morgan fingerprint density at radius 1 is 0.906 bits per heavy atom. The summed E-state index contributed by atoms with van der Waals surface area (Å²) in [5, 5.41) is 5.37. The maximum absolute atomic E-state index is 13.2. The van der Waals surface area contributed by atoms with Gasteiger partial charge in [0.1, 0.15) is 16.5 Å². The molecular weight excluding hydrogens is 433 g/mol. The van der Waals surface area contributed by atoms with Gasteiger partial charge in [0, 0.05) is 17.8 Å². The van der Waals surface area contributed by atoms with E-state index in [2.05, 4.69) is 10.6 Å². The highest BCUT2D eigenvalue weighted by Gasteiger charge is 2.39. The van der Waals surface area contributed by atoms with Crippen molar-refractivity contribution in [3.8, 4) is 0 Å². The number of nitrogens with zero attached hydrogens (tertiary/aromatic N) is 1. The Morgan fingerprint density at radius 3 is 2.34 bits per heavy atom. The third-order valence-corrected chi connectivity index (χ3v) is 5.15. The number of halogens is 2. The van der Waals surface area contributed by atoms with E-state index in [1.807, 2.05) is 30.3 Å². The molecule has 32 heavy (non-hydrogen) atoms. The second-order valence-corrected chi connectivity index (χ2v) is 7.36. The average Bonchev–Trinajstić information content (AvgIpc) is 3.02. The number of carbonyl (C=O) groups excluding carboxylic acids is 3. The number of rotatable bonds is 6. The van der Waals surface area contributed by atoms with Crippen LogP contribution in [-0.4, -0.2) is 17.7 Å². The molecule has 0 radical (unpaired) electrons. The highest BCUT2D eigenvalue weighted by molar-refractivity contribution is 6.53. The topological polar surface area (TPSA) is 78.5 Å². The van der Waals surface area contributed by atoms with Crippen molar-refractivity contribution >= 4 is 40.7 Å². The van der Waals surface area contributed by atoms with Gasteiger partial charge in [0.15, 0.2) is 0 Å². The Hall–Kier alpha value is -3.97. The number of amides is 3. The molecule has 4 rings (SSSR count). The van der Waals surface area contributed by atoms with Crippen LogP contribution in [0.4, 0.5) is 15.8 Å². The van der Waals surface area contributed by atoms with Gasteiger partial charge < -0.3 is 10.6 Å². The number of imide groups is 1. The summed E-state index contributed by atoms with van der Waals surface area (Å²) in [4.78, 5) is 38.7. The van der Waals surface area contributed by atoms with Crippen molar-refractivity contribution in [3.05, 3.63) is 107 Å². The van der Waals surface area contributed by atoms with Crippen LogP contribution in [0.2, 0.25) is 0 Å². The van der Waals surface area contributed by atoms with E-state index in [-0.39, 0.29) is 22.3 Å². The van der Waals surface area contributed by atoms with Gasteiger partial charge in [0.2, 0.25) is 0 Å². The lowest BCUT2D eigenvalue weighted by Crippen LogP contribution is -2.32. The van der Waals surface area contributed by atoms with Crippen LogP contribution in [0, 0.1) is 5.82 Å². The number of nitrogens with one attached hydrogen (secondary N) is 2. The summed E-state index contributed by atoms with van der Waals surface area (Å²) in [5.74, 6) is -2.18. The molecule has 1 aliphatic rings. The van der Waals surface area contributed by atoms with E-state index in [1.165, 1.54) is 12.1 Å². The third-order valence-electron chi connectivity index (χ3n) is 4.80. The van der Waals surface area contributed by atoms with Gasteiger partial charge >= 0.3 is 0 Å². The molecule has 3 aromatic carbocycles. The normalized spacial score (nSPS) is 13.5. The second kappa shape index (κ2) is 9.03. The Morgan fingerprint density at radius 2 is 1.62 bits per heavy atom. The number of hydrogen-bond donors (Lipinski definition) is 2. The third kappa shape index (κ3) is 4.38. The molecule has 0 bridgehead atoms. The fourth-order valence-electron chi connectivity index (χ4n) is 3.20. The van der Waals surface area contributed by atoms with E-state index in [0.717, 1.165) is 22.6 Å². The second-order valence-electron chi connectivity index (χ2n) is 6.99. The maximum atomic E-state index is 13.2. The van der Waals surface area contributed by atoms with Gasteiger partial charge in [-0.3, -0.25) is 14.4 Å². The van der Waals surface area contributed by atoms with Crippen molar-refractivity contribution in [2.24, 2.45) is 0 Å². The monoisotopic (exact) mass is 449 g/mol. The number of benzene rings is 3. The minimum atomic E-state index is -0.720. The summed E-state index contributed by atoms with van der Waals surface area (Å²) in [6.07, 6.45) is 0. The predicted octanol–water partition coefficient (Wildman–Crippen LogP) is 4.19. The lowest BCUT2D eigenvalue weighted by Gasteiger charge is -2.15. The van der Waals surface area contributed by atoms with Crippen LogP contribution in [0.3, 0.4) is 0 Å². The SMILES string of the molecule is O=C(NCc1ccccc1)c1cccc(NC2=C(Cl)C(=O)N(c3ccc(F)cc3)C2=O)c1. The quantitative estimate of drug-likeness (QED) is 0.553.